The summed E-state index contributed by atoms with van der Waals surface area (Å²) in [6, 6.07) is 0. The molecule has 13 aliphatic rings. The first-order chi connectivity index (χ1) is 44.9. The SMILES string of the molecule is C=CC(O)C1OC(C)(C)O[C@@H]1C=C.C=C[C@H]1OC(C)(C)OC1C=O.CC(=O)C[C@H]1C[C@@H]2OC(C)(C)O[C@@H]2C1=O.CC1(C)OC2C(=O)C=C[C@H]2O1.CC1(C)OC2[C@@H](CO)O[C@@H](O)[C@H]2O1.CC1(C)O[C@H]2CCC(=O)[C@H]2O1.CC1(C)O[C@H]2CCC(=O)[C@H]2O1.OC[C@H]1O[C@@H](O)[C@@H](O)C1O.[Br-].[CH-]=C.[Mg+2]. The summed E-state index contributed by atoms with van der Waals surface area (Å²) in [7, 11) is 0. The minimum Gasteiger partial charge on any atom is -1.00 e. The fourth-order valence-electron chi connectivity index (χ4n) is 12.5. The Morgan fingerprint density at radius 2 is 0.980 bits per heavy atom. The van der Waals surface area contributed by atoms with E-state index in [0.29, 0.717) is 25.7 Å². The number of ether oxygens (including phenoxy) is 16. The largest absolute Gasteiger partial charge is 2.00 e. The van der Waals surface area contributed by atoms with Gasteiger partial charge < -0.3 is 145 Å². The number of aliphatic hydroxyl groups is 7. The Balaban J connectivity index is 0.000000293. The van der Waals surface area contributed by atoms with Crippen LogP contribution in [-0.2, 0) is 105 Å². The molecule has 0 amide bonds. The summed E-state index contributed by atoms with van der Waals surface area (Å²) >= 11 is 0. The van der Waals surface area contributed by atoms with E-state index in [2.05, 4.69) is 37.6 Å². The molecule has 22 atom stereocenters. The summed E-state index contributed by atoms with van der Waals surface area (Å²) in [4.78, 5) is 66.6. The zero-order valence-corrected chi connectivity index (χ0v) is 62.4. The third kappa shape index (κ3) is 24.8. The number of rotatable bonds is 9. The predicted octanol–water partition coefficient (Wildman–Crippen LogP) is -0.548. The Kier molecular flexibility index (Phi) is 34.0. The predicted molar refractivity (Wildman–Crippen MR) is 344 cm³/mol. The first kappa shape index (κ1) is 90.3. The number of aldehydes is 1. The molecule has 0 spiro atoms. The van der Waals surface area contributed by atoms with Crippen molar-refractivity contribution in [1.82, 2.24) is 0 Å². The molecule has 9 aliphatic heterocycles. The van der Waals surface area contributed by atoms with Gasteiger partial charge in [0.2, 0.25) is 0 Å². The molecule has 9 saturated heterocycles. The third-order valence-electron chi connectivity index (χ3n) is 16.5. The quantitative estimate of drug-likeness (QED) is 0.0659. The van der Waals surface area contributed by atoms with E-state index in [1.54, 1.807) is 73.6 Å². The smallest absolute Gasteiger partial charge is 1.00 e. The van der Waals surface area contributed by atoms with Crippen molar-refractivity contribution in [2.45, 2.75) is 311 Å². The van der Waals surface area contributed by atoms with Gasteiger partial charge in [-0.05, 0) is 135 Å². The van der Waals surface area contributed by atoms with E-state index in [-0.39, 0.29) is 143 Å². The maximum Gasteiger partial charge on any atom is 2.00 e. The molecule has 0 aromatic carbocycles. The number of Topliss-reactive ketones (excluding diaryl/α,β-unsaturated/α-hetero) is 4. The molecule has 99 heavy (non-hydrogen) atoms. The molecule has 6 unspecified atom stereocenters. The second-order valence-corrected chi connectivity index (χ2v) is 27.8. The summed E-state index contributed by atoms with van der Waals surface area (Å²) in [5, 5.41) is 62.8. The maximum atomic E-state index is 11.9. The van der Waals surface area contributed by atoms with Crippen molar-refractivity contribution < 1.29 is 157 Å². The number of aliphatic hydroxyl groups excluding tert-OH is 7. The summed E-state index contributed by atoms with van der Waals surface area (Å²) in [5.41, 5.74) is 0. The van der Waals surface area contributed by atoms with E-state index in [0.717, 1.165) is 19.1 Å². The number of carbonyl (C=O) groups excluding carboxylic acids is 6. The van der Waals surface area contributed by atoms with Crippen LogP contribution in [0.2, 0.25) is 0 Å². The van der Waals surface area contributed by atoms with Crippen molar-refractivity contribution >= 4 is 58.3 Å². The van der Waals surface area contributed by atoms with Crippen LogP contribution < -0.4 is 17.0 Å². The topological polar surface area (TPSA) is 392 Å². The summed E-state index contributed by atoms with van der Waals surface area (Å²) < 4.78 is 85.7. The third-order valence-corrected chi connectivity index (χ3v) is 16.5. The molecule has 7 N–H and O–H groups in total. The van der Waals surface area contributed by atoms with Gasteiger partial charge in [-0.25, -0.2) is 0 Å². The van der Waals surface area contributed by atoms with Gasteiger partial charge in [0.05, 0.1) is 31.5 Å². The molecule has 0 radical (unpaired) electrons. The Morgan fingerprint density at radius 3 is 1.39 bits per heavy atom. The fraction of sp³-hybridized carbons (Fsp3) is 0.765. The molecule has 560 valence electrons. The van der Waals surface area contributed by atoms with Crippen LogP contribution >= 0.6 is 0 Å². The second kappa shape index (κ2) is 37.3. The van der Waals surface area contributed by atoms with Crippen LogP contribution in [0, 0.1) is 12.5 Å². The standard InChI is InChI=1S/C11H16O4.C10H16O3.C8H14O5.2C8H12O3.C8H10O3.C8H12O3.C5H10O5.C2H3.BrH.Mg/c1-6(12)4-7-5-8-10(9(7)13)15-11(2,3)14-8;1-5-7(11)9-8(6-2)12-10(3,4)13-9;1-8(2)12-5-4(3-9)11-7(10)6(5)13-8;3*1-8(2)10-6-4-3-5(9)7(6)11-8;1-4-6-7(5-9)11-8(2,3)10-6;6-1-2-3(7)4(8)5(9)10-2;1-2;;/h7-8,10H,4-5H2,1-3H3;5-9,11H,1-2H2,3-4H3;4-7,9-10H,3H2,1-2H3;2*6-7H,3-4H2,1-2H3;3-4,6-7H,1-2H3;4-7H,1H2,2-3H3;2-9H,1H2;1H,2H2;1H;/q;;;;;;;;-1;;+2/p-1/t7-,8-,10-;7?,8-,9?;4-,5?,6+,7-;2*6-,7+;2*6-,7?;2-,3?,4+,5-;;;/m01100111.../s1. The van der Waals surface area contributed by atoms with Gasteiger partial charge in [-0.2, -0.15) is 0 Å². The van der Waals surface area contributed by atoms with E-state index >= 15 is 0 Å². The Bertz CT molecular complexity index is 2670. The average molecular weight is 1490 g/mol. The normalized spacial score (nSPS) is 38.9. The van der Waals surface area contributed by atoms with Crippen LogP contribution in [-0.4, -0.2) is 276 Å². The van der Waals surface area contributed by atoms with Gasteiger partial charge in [0, 0.05) is 25.2 Å². The van der Waals surface area contributed by atoms with E-state index in [1.165, 1.54) is 19.1 Å². The summed E-state index contributed by atoms with van der Waals surface area (Å²) in [6.07, 6.45) is 1.56. The molecule has 3 saturated carbocycles. The minimum absolute atomic E-state index is 0. The summed E-state index contributed by atoms with van der Waals surface area (Å²) in [5.74, 6) is -4.10. The van der Waals surface area contributed by atoms with Gasteiger partial charge in [0.1, 0.15) is 97.3 Å². The molecule has 12 fully saturated rings. The fourth-order valence-corrected chi connectivity index (χ4v) is 12.5. The summed E-state index contributed by atoms with van der Waals surface area (Å²) in [6.45, 7) is 43.9. The molecular formula is C68H105BrMgO29. The number of hydrogen-bond donors (Lipinski definition) is 7. The molecule has 13 rings (SSSR count). The average Bonchev–Trinajstić information content (AvgIpc) is 1.64. The molecule has 29 nitrogen and oxygen atoms in total. The molecule has 9 heterocycles. The van der Waals surface area contributed by atoms with Gasteiger partial charge in [-0.1, -0.05) is 18.2 Å². The Labute approximate surface area is 606 Å². The van der Waals surface area contributed by atoms with Crippen molar-refractivity contribution in [1.29, 1.82) is 0 Å². The molecule has 31 heteroatoms. The van der Waals surface area contributed by atoms with E-state index in [4.69, 9.17) is 96.6 Å². The Morgan fingerprint density at radius 1 is 0.556 bits per heavy atom. The van der Waals surface area contributed by atoms with E-state index in [9.17, 15) is 39.0 Å². The molecule has 0 aromatic heterocycles. The van der Waals surface area contributed by atoms with Crippen LogP contribution in [0.1, 0.15) is 142 Å². The number of fused-ring (bicyclic) bond motifs is 5. The van der Waals surface area contributed by atoms with Crippen LogP contribution in [0.15, 0.2) is 56.7 Å². The van der Waals surface area contributed by atoms with Gasteiger partial charge >= 0.3 is 23.1 Å². The molecule has 0 bridgehead atoms. The van der Waals surface area contributed by atoms with Crippen LogP contribution in [0.4, 0.5) is 0 Å². The van der Waals surface area contributed by atoms with E-state index < -0.39 is 115 Å². The number of halogens is 1. The van der Waals surface area contributed by atoms with Crippen molar-refractivity contribution in [3.63, 3.8) is 0 Å². The number of ketones is 5. The van der Waals surface area contributed by atoms with Crippen LogP contribution in [0.5, 0.6) is 0 Å². The zero-order chi connectivity index (χ0) is 73.3. The number of hydrogen-bond acceptors (Lipinski definition) is 29. The van der Waals surface area contributed by atoms with Gasteiger partial charge in [0.25, 0.3) is 0 Å². The van der Waals surface area contributed by atoms with Crippen molar-refractivity contribution in [2.75, 3.05) is 13.2 Å². The second-order valence-electron chi connectivity index (χ2n) is 27.8. The first-order valence-corrected chi connectivity index (χ1v) is 32.4. The van der Waals surface area contributed by atoms with Crippen LogP contribution in [0.25, 0.3) is 0 Å². The van der Waals surface area contributed by atoms with Gasteiger partial charge in [-0.3, -0.25) is 25.8 Å². The number of carbonyl (C=O) groups is 6. The Hall–Kier alpha value is -2.95. The molecule has 0 aromatic rings. The molecular weight excluding hydrogens is 1380 g/mol. The van der Waals surface area contributed by atoms with Gasteiger partial charge in [-0.15, -0.1) is 19.7 Å². The maximum absolute atomic E-state index is 11.9. The zero-order valence-electron chi connectivity index (χ0n) is 59.4. The van der Waals surface area contributed by atoms with Gasteiger partial charge in [0.15, 0.2) is 88.6 Å². The van der Waals surface area contributed by atoms with E-state index in [1.807, 2.05) is 41.5 Å². The monoisotopic (exact) mass is 1490 g/mol. The van der Waals surface area contributed by atoms with Crippen LogP contribution in [0.3, 0.4) is 0 Å². The molecule has 4 aliphatic carbocycles. The minimum atomic E-state index is -1.38. The van der Waals surface area contributed by atoms with Crippen molar-refractivity contribution in [3.05, 3.63) is 63.3 Å². The first-order valence-electron chi connectivity index (χ1n) is 32.4. The van der Waals surface area contributed by atoms with Crippen molar-refractivity contribution in [2.24, 2.45) is 5.92 Å². The van der Waals surface area contributed by atoms with Crippen molar-refractivity contribution in [3.8, 4) is 0 Å².